The van der Waals surface area contributed by atoms with Gasteiger partial charge < -0.3 is 0 Å². The summed E-state index contributed by atoms with van der Waals surface area (Å²) in [6, 6.07) is 0. The zero-order chi connectivity index (χ0) is 8.53. The van der Waals surface area contributed by atoms with Gasteiger partial charge in [0.1, 0.15) is 0 Å². The van der Waals surface area contributed by atoms with Crippen molar-refractivity contribution in [1.29, 1.82) is 0 Å². The molecule has 0 rings (SSSR count). The Labute approximate surface area is 70.8 Å². The highest BCUT2D eigenvalue weighted by Crippen LogP contribution is 2.12. The Morgan fingerprint density at radius 3 is 2.36 bits per heavy atom. The smallest absolute Gasteiger partial charge is 0.0824 e. The highest BCUT2D eigenvalue weighted by atomic mass is 16.2. The fourth-order valence-electron chi connectivity index (χ4n) is 1.27. The molecule has 0 aromatic heterocycles. The van der Waals surface area contributed by atoms with Crippen LogP contribution >= 0.6 is 0 Å². The average Bonchev–Trinajstić information content (AvgIpc) is 1.99. The predicted molar refractivity (Wildman–Crippen MR) is 48.1 cm³/mol. The molecule has 0 saturated heterocycles. The third-order valence-corrected chi connectivity index (χ3v) is 2.16. The van der Waals surface area contributed by atoms with Gasteiger partial charge in [-0.1, -0.05) is 46.0 Å². The zero-order valence-corrected chi connectivity index (χ0v) is 7.94. The van der Waals surface area contributed by atoms with E-state index in [1.807, 2.05) is 0 Å². The van der Waals surface area contributed by atoms with Crippen LogP contribution in [0.5, 0.6) is 0 Å². The van der Waals surface area contributed by atoms with Crippen molar-refractivity contribution < 1.29 is 5.11 Å². The van der Waals surface area contributed by atoms with Crippen molar-refractivity contribution in [2.75, 3.05) is 6.61 Å². The van der Waals surface area contributed by atoms with Crippen LogP contribution in [0, 0.1) is 5.92 Å². The molecule has 11 heavy (non-hydrogen) atoms. The largest absolute Gasteiger partial charge is 0.237 e. The molecule has 0 aliphatic rings. The number of unbranched alkanes of at least 4 members (excludes halogenated alkanes) is 3. The number of rotatable bonds is 7. The lowest BCUT2D eigenvalue weighted by Crippen LogP contribution is -1.96. The van der Waals surface area contributed by atoms with Crippen molar-refractivity contribution in [3.8, 4) is 0 Å². The van der Waals surface area contributed by atoms with E-state index in [4.69, 9.17) is 0 Å². The van der Waals surface area contributed by atoms with Gasteiger partial charge in [0.2, 0.25) is 0 Å². The van der Waals surface area contributed by atoms with Crippen molar-refractivity contribution in [1.82, 2.24) is 0 Å². The van der Waals surface area contributed by atoms with E-state index < -0.39 is 0 Å². The molecule has 1 heteroatoms. The minimum atomic E-state index is 0.106. The lowest BCUT2D eigenvalue weighted by Gasteiger charge is -2.07. The van der Waals surface area contributed by atoms with Gasteiger partial charge in [-0.3, -0.25) is 0 Å². The quantitative estimate of drug-likeness (QED) is 0.505. The van der Waals surface area contributed by atoms with Gasteiger partial charge >= 0.3 is 0 Å². The lowest BCUT2D eigenvalue weighted by molar-refractivity contribution is 0.170. The summed E-state index contributed by atoms with van der Waals surface area (Å²) in [5, 5.41) is 10.2. The summed E-state index contributed by atoms with van der Waals surface area (Å²) >= 11 is 0. The summed E-state index contributed by atoms with van der Waals surface area (Å²) < 4.78 is 0. The molecule has 0 amide bonds. The Morgan fingerprint density at radius 1 is 1.09 bits per heavy atom. The van der Waals surface area contributed by atoms with Gasteiger partial charge in [0, 0.05) is 0 Å². The van der Waals surface area contributed by atoms with Crippen LogP contribution in [0.2, 0.25) is 0 Å². The van der Waals surface area contributed by atoms with Crippen molar-refractivity contribution in [3.63, 3.8) is 0 Å². The predicted octanol–water partition coefficient (Wildman–Crippen LogP) is 3.41. The molecule has 0 bridgehead atoms. The van der Waals surface area contributed by atoms with E-state index in [1.54, 1.807) is 0 Å². The van der Waals surface area contributed by atoms with Gasteiger partial charge in [-0.25, -0.2) is 5.11 Å². The zero-order valence-electron chi connectivity index (χ0n) is 7.94. The second-order valence-corrected chi connectivity index (χ2v) is 3.45. The van der Waals surface area contributed by atoms with Gasteiger partial charge in [0.05, 0.1) is 6.61 Å². The van der Waals surface area contributed by atoms with Crippen LogP contribution in [0.3, 0.4) is 0 Å². The highest BCUT2D eigenvalue weighted by Gasteiger charge is 2.00. The molecule has 0 aromatic carbocycles. The fraction of sp³-hybridized carbons (Fsp3) is 1.00. The standard InChI is InChI=1S/C10H21O/c1-3-4-5-6-7-10(2)8-9-11/h10H,3-9H2,1-2H3. The van der Waals surface area contributed by atoms with Gasteiger partial charge in [0.15, 0.2) is 0 Å². The third-order valence-electron chi connectivity index (χ3n) is 2.16. The van der Waals surface area contributed by atoms with Crippen molar-refractivity contribution in [2.24, 2.45) is 5.92 Å². The molecule has 0 N–H and O–H groups in total. The molecule has 1 nitrogen and oxygen atoms in total. The van der Waals surface area contributed by atoms with Crippen molar-refractivity contribution >= 4 is 0 Å². The molecule has 0 aromatic rings. The van der Waals surface area contributed by atoms with E-state index in [1.165, 1.54) is 32.1 Å². The summed E-state index contributed by atoms with van der Waals surface area (Å²) in [5.74, 6) is 0.657. The van der Waals surface area contributed by atoms with Gasteiger partial charge in [-0.05, 0) is 12.3 Å². The normalized spacial score (nSPS) is 13.4. The molecule has 1 radical (unpaired) electrons. The van der Waals surface area contributed by atoms with E-state index in [-0.39, 0.29) is 6.61 Å². The van der Waals surface area contributed by atoms with Crippen LogP contribution in [0.1, 0.15) is 52.4 Å². The summed E-state index contributed by atoms with van der Waals surface area (Å²) in [4.78, 5) is 0. The Balaban J connectivity index is 2.97. The fourth-order valence-corrected chi connectivity index (χ4v) is 1.27. The second kappa shape index (κ2) is 8.06. The Hall–Kier alpha value is -0.0400. The molecule has 0 heterocycles. The molecule has 0 fully saturated rings. The highest BCUT2D eigenvalue weighted by molar-refractivity contribution is 4.52. The van der Waals surface area contributed by atoms with Crippen LogP contribution < -0.4 is 0 Å². The van der Waals surface area contributed by atoms with Crippen LogP contribution in [0.4, 0.5) is 0 Å². The lowest BCUT2D eigenvalue weighted by atomic mass is 10.00. The topological polar surface area (TPSA) is 19.9 Å². The molecule has 0 aliphatic heterocycles. The summed E-state index contributed by atoms with van der Waals surface area (Å²) in [5.41, 5.74) is 0. The van der Waals surface area contributed by atoms with E-state index in [0.29, 0.717) is 5.92 Å². The molecular formula is C10H21O. The minimum Gasteiger partial charge on any atom is -0.237 e. The molecule has 1 unspecified atom stereocenters. The third kappa shape index (κ3) is 7.86. The summed E-state index contributed by atoms with van der Waals surface area (Å²) in [7, 11) is 0. The maximum Gasteiger partial charge on any atom is 0.0824 e. The first-order valence-electron chi connectivity index (χ1n) is 4.89. The Kier molecular flexibility index (Phi) is 8.03. The van der Waals surface area contributed by atoms with E-state index in [2.05, 4.69) is 13.8 Å². The van der Waals surface area contributed by atoms with Gasteiger partial charge in [-0.2, -0.15) is 0 Å². The van der Waals surface area contributed by atoms with Crippen LogP contribution in [0.25, 0.3) is 0 Å². The summed E-state index contributed by atoms with van der Waals surface area (Å²) in [6.45, 7) is 4.51. The van der Waals surface area contributed by atoms with Gasteiger partial charge in [0.25, 0.3) is 0 Å². The summed E-state index contributed by atoms with van der Waals surface area (Å²) in [6.07, 6.45) is 7.43. The number of hydrogen-bond donors (Lipinski definition) is 0. The Morgan fingerprint density at radius 2 is 1.82 bits per heavy atom. The molecule has 1 atom stereocenters. The van der Waals surface area contributed by atoms with Crippen molar-refractivity contribution in [2.45, 2.75) is 52.4 Å². The molecular weight excluding hydrogens is 136 g/mol. The maximum atomic E-state index is 10.2. The van der Waals surface area contributed by atoms with Crippen LogP contribution in [-0.2, 0) is 5.11 Å². The first-order valence-corrected chi connectivity index (χ1v) is 4.89. The molecule has 67 valence electrons. The van der Waals surface area contributed by atoms with E-state index >= 15 is 0 Å². The number of hydrogen-bond acceptors (Lipinski definition) is 0. The molecule has 0 saturated carbocycles. The Bertz CT molecular complexity index is 71.3. The van der Waals surface area contributed by atoms with Crippen LogP contribution in [-0.4, -0.2) is 6.61 Å². The SMILES string of the molecule is CCCCCCC(C)CC[O]. The average molecular weight is 157 g/mol. The maximum absolute atomic E-state index is 10.2. The van der Waals surface area contributed by atoms with E-state index in [0.717, 1.165) is 6.42 Å². The first kappa shape index (κ1) is 11.0. The molecule has 0 aliphatic carbocycles. The minimum absolute atomic E-state index is 0.106. The van der Waals surface area contributed by atoms with E-state index in [9.17, 15) is 5.11 Å². The van der Waals surface area contributed by atoms with Gasteiger partial charge in [-0.15, -0.1) is 0 Å². The second-order valence-electron chi connectivity index (χ2n) is 3.45. The van der Waals surface area contributed by atoms with Crippen LogP contribution in [0.15, 0.2) is 0 Å². The molecule has 0 spiro atoms. The van der Waals surface area contributed by atoms with Crippen molar-refractivity contribution in [3.05, 3.63) is 0 Å². The monoisotopic (exact) mass is 157 g/mol. The first-order chi connectivity index (χ1) is 5.31.